The van der Waals surface area contributed by atoms with Crippen LogP contribution in [0.15, 0.2) is 29.2 Å². The van der Waals surface area contributed by atoms with E-state index in [0.29, 0.717) is 16.2 Å². The zero-order valence-electron chi connectivity index (χ0n) is 13.0. The summed E-state index contributed by atoms with van der Waals surface area (Å²) in [5.41, 5.74) is 1.02. The fourth-order valence-corrected chi connectivity index (χ4v) is 4.56. The molecule has 0 spiro atoms. The zero-order chi connectivity index (χ0) is 15.7. The number of carbonyl (C=O) groups excluding carboxylic acids is 2. The summed E-state index contributed by atoms with van der Waals surface area (Å²) in [6, 6.07) is 7.26. The minimum atomic E-state index is -0.416. The predicted molar refractivity (Wildman–Crippen MR) is 88.8 cm³/mol. The lowest BCUT2D eigenvalue weighted by atomic mass is 9.90. The van der Waals surface area contributed by atoms with E-state index in [4.69, 9.17) is 4.74 Å². The Morgan fingerprint density at radius 2 is 1.68 bits per heavy atom. The van der Waals surface area contributed by atoms with Gasteiger partial charge >= 0.3 is 0 Å². The maximum absolute atomic E-state index is 12.3. The minimum absolute atomic E-state index is 0.221. The van der Waals surface area contributed by atoms with Crippen molar-refractivity contribution in [1.82, 2.24) is 0 Å². The summed E-state index contributed by atoms with van der Waals surface area (Å²) in [4.78, 5) is 25.1. The van der Waals surface area contributed by atoms with Crippen molar-refractivity contribution >= 4 is 29.1 Å². The van der Waals surface area contributed by atoms with Crippen molar-refractivity contribution in [3.8, 4) is 0 Å². The number of thioether (sulfide) groups is 1. The number of ketones is 2. The Balaban J connectivity index is 2.07. The minimum Gasteiger partial charge on any atom is -0.484 e. The molecule has 0 radical (unpaired) electrons. The second-order valence-electron chi connectivity index (χ2n) is 5.94. The summed E-state index contributed by atoms with van der Waals surface area (Å²) in [5.74, 6) is 0.539. The number of rotatable bonds is 4. The summed E-state index contributed by atoms with van der Waals surface area (Å²) in [7, 11) is 0. The Hall–Kier alpha value is -1.55. The van der Waals surface area contributed by atoms with Crippen LogP contribution in [0.5, 0.6) is 0 Å². The van der Waals surface area contributed by atoms with Crippen molar-refractivity contribution in [2.24, 2.45) is 0 Å². The number of hydrogen-bond acceptors (Lipinski definition) is 4. The van der Waals surface area contributed by atoms with Gasteiger partial charge in [-0.25, -0.2) is 0 Å². The highest BCUT2D eigenvalue weighted by molar-refractivity contribution is 8.04. The highest BCUT2D eigenvalue weighted by atomic mass is 32.2. The molecule has 1 aromatic carbocycles. The summed E-state index contributed by atoms with van der Waals surface area (Å²) in [5, 5.41) is 0. The summed E-state index contributed by atoms with van der Waals surface area (Å²) >= 11 is 1.49. The summed E-state index contributed by atoms with van der Waals surface area (Å²) < 4.78 is 6.39. The monoisotopic (exact) mass is 316 g/mol. The van der Waals surface area contributed by atoms with Crippen LogP contribution in [0, 0.1) is 0 Å². The van der Waals surface area contributed by atoms with Crippen molar-refractivity contribution in [2.45, 2.75) is 45.1 Å². The molecule has 1 aromatic rings. The van der Waals surface area contributed by atoms with E-state index in [1.54, 1.807) is 12.1 Å². The molecule has 22 heavy (non-hydrogen) atoms. The molecule has 0 fully saturated rings. The Labute approximate surface area is 135 Å². The molecule has 0 aromatic heterocycles. The van der Waals surface area contributed by atoms with E-state index in [9.17, 15) is 9.59 Å². The molecule has 0 N–H and O–H groups in total. The molecular weight excluding hydrogens is 296 g/mol. The van der Waals surface area contributed by atoms with Crippen LogP contribution in [0.25, 0.3) is 5.76 Å². The van der Waals surface area contributed by atoms with E-state index in [1.165, 1.54) is 11.8 Å². The van der Waals surface area contributed by atoms with Crippen molar-refractivity contribution in [1.29, 1.82) is 0 Å². The van der Waals surface area contributed by atoms with Gasteiger partial charge in [-0.15, -0.1) is 11.8 Å². The smallest absolute Gasteiger partial charge is 0.243 e. The third kappa shape index (κ3) is 2.39. The standard InChI is InChI=1S/C18H20O3S/c1-3-9-18(10-4-2)11-22-17-15(20)14(19)12-7-5-6-8-13(12)16(17)21-18/h5-8H,3-4,9-11H2,1-2H3. The molecule has 1 heterocycles. The number of Topliss-reactive ketones (excluding diaryl/α,β-unsaturated/α-hetero) is 2. The van der Waals surface area contributed by atoms with Crippen molar-refractivity contribution in [3.63, 3.8) is 0 Å². The average molecular weight is 316 g/mol. The first-order valence-corrected chi connectivity index (χ1v) is 8.85. The van der Waals surface area contributed by atoms with Crippen molar-refractivity contribution in [3.05, 3.63) is 40.3 Å². The van der Waals surface area contributed by atoms with Gasteiger partial charge in [-0.05, 0) is 12.8 Å². The maximum atomic E-state index is 12.3. The van der Waals surface area contributed by atoms with Crippen LogP contribution in [0.1, 0.15) is 55.5 Å². The third-order valence-corrected chi connectivity index (χ3v) is 5.57. The second kappa shape index (κ2) is 5.92. The Kier molecular flexibility index (Phi) is 4.13. The molecule has 4 heteroatoms. The van der Waals surface area contributed by atoms with Gasteiger partial charge in [0.15, 0.2) is 0 Å². The maximum Gasteiger partial charge on any atom is 0.243 e. The molecule has 2 aliphatic rings. The zero-order valence-corrected chi connectivity index (χ0v) is 13.8. The van der Waals surface area contributed by atoms with E-state index < -0.39 is 11.6 Å². The molecule has 116 valence electrons. The highest BCUT2D eigenvalue weighted by Gasteiger charge is 2.43. The number of allylic oxidation sites excluding steroid dienone is 1. The Bertz CT molecular complexity index is 654. The second-order valence-corrected chi connectivity index (χ2v) is 6.92. The van der Waals surface area contributed by atoms with Crippen LogP contribution in [0.2, 0.25) is 0 Å². The Morgan fingerprint density at radius 3 is 2.32 bits per heavy atom. The SMILES string of the molecule is CCCC1(CCC)CSC2=C(O1)c1ccccc1C(=O)C2=O. The molecule has 0 atom stereocenters. The van der Waals surface area contributed by atoms with Gasteiger partial charge in [0.1, 0.15) is 16.3 Å². The van der Waals surface area contributed by atoms with Gasteiger partial charge in [-0.2, -0.15) is 0 Å². The van der Waals surface area contributed by atoms with Gasteiger partial charge in [0, 0.05) is 16.9 Å². The van der Waals surface area contributed by atoms with Gasteiger partial charge in [0.2, 0.25) is 11.6 Å². The van der Waals surface area contributed by atoms with E-state index in [-0.39, 0.29) is 5.60 Å². The van der Waals surface area contributed by atoms with Gasteiger partial charge in [-0.1, -0.05) is 51.0 Å². The molecule has 1 aliphatic carbocycles. The average Bonchev–Trinajstić information content (AvgIpc) is 2.53. The fraction of sp³-hybridized carbons (Fsp3) is 0.444. The van der Waals surface area contributed by atoms with Crippen molar-refractivity contribution < 1.29 is 14.3 Å². The van der Waals surface area contributed by atoms with Gasteiger partial charge in [0.25, 0.3) is 0 Å². The van der Waals surface area contributed by atoms with Gasteiger partial charge in [0.05, 0.1) is 0 Å². The summed E-state index contributed by atoms with van der Waals surface area (Å²) in [6.45, 7) is 4.30. The number of fused-ring (bicyclic) bond motifs is 2. The lowest BCUT2D eigenvalue weighted by Gasteiger charge is -2.40. The summed E-state index contributed by atoms with van der Waals surface area (Å²) in [6.07, 6.45) is 4.01. The molecule has 3 nitrogen and oxygen atoms in total. The topological polar surface area (TPSA) is 43.4 Å². The van der Waals surface area contributed by atoms with Crippen molar-refractivity contribution in [2.75, 3.05) is 5.75 Å². The number of carbonyl (C=O) groups is 2. The normalized spacial score (nSPS) is 19.5. The van der Waals surface area contributed by atoms with Gasteiger partial charge < -0.3 is 4.74 Å². The first-order chi connectivity index (χ1) is 10.6. The quantitative estimate of drug-likeness (QED) is 0.780. The Morgan fingerprint density at radius 1 is 1.05 bits per heavy atom. The first kappa shape index (κ1) is 15.3. The van der Waals surface area contributed by atoms with Gasteiger partial charge in [-0.3, -0.25) is 9.59 Å². The molecule has 0 saturated heterocycles. The lowest BCUT2D eigenvalue weighted by Crippen LogP contribution is -2.40. The van der Waals surface area contributed by atoms with Crippen LogP contribution in [-0.4, -0.2) is 22.9 Å². The number of ether oxygens (including phenoxy) is 1. The fourth-order valence-electron chi connectivity index (χ4n) is 3.29. The van der Waals surface area contributed by atoms with E-state index in [2.05, 4.69) is 13.8 Å². The molecule has 0 amide bonds. The molecule has 0 saturated carbocycles. The molecule has 0 unspecified atom stereocenters. The predicted octanol–water partition coefficient (Wildman–Crippen LogP) is 4.22. The van der Waals surface area contributed by atoms with Crippen LogP contribution < -0.4 is 0 Å². The molecule has 1 aliphatic heterocycles. The van der Waals surface area contributed by atoms with E-state index in [0.717, 1.165) is 37.0 Å². The largest absolute Gasteiger partial charge is 0.484 e. The van der Waals surface area contributed by atoms with Crippen LogP contribution in [-0.2, 0) is 9.53 Å². The van der Waals surface area contributed by atoms with E-state index >= 15 is 0 Å². The number of hydrogen-bond donors (Lipinski definition) is 0. The van der Waals surface area contributed by atoms with Crippen LogP contribution in [0.3, 0.4) is 0 Å². The number of benzene rings is 1. The molecule has 0 bridgehead atoms. The lowest BCUT2D eigenvalue weighted by molar-refractivity contribution is -0.111. The van der Waals surface area contributed by atoms with Crippen LogP contribution >= 0.6 is 11.8 Å². The molecule has 3 rings (SSSR count). The third-order valence-electron chi connectivity index (χ3n) is 4.24. The molecular formula is C18H20O3S. The van der Waals surface area contributed by atoms with Crippen LogP contribution in [0.4, 0.5) is 0 Å². The van der Waals surface area contributed by atoms with E-state index in [1.807, 2.05) is 12.1 Å². The first-order valence-electron chi connectivity index (χ1n) is 7.86. The highest BCUT2D eigenvalue weighted by Crippen LogP contribution is 2.46.